The highest BCUT2D eigenvalue weighted by Crippen LogP contribution is 2.31. The number of ether oxygens (including phenoxy) is 1. The average Bonchev–Trinajstić information content (AvgIpc) is 2.54. The van der Waals surface area contributed by atoms with Crippen LogP contribution < -0.4 is 4.74 Å². The van der Waals surface area contributed by atoms with Crippen LogP contribution in [0.1, 0.15) is 57.1 Å². The van der Waals surface area contributed by atoms with Crippen LogP contribution in [-0.2, 0) is 4.79 Å². The Balaban J connectivity index is 2.00. The molecule has 3 heteroatoms. The highest BCUT2D eigenvalue weighted by Gasteiger charge is 2.23. The Morgan fingerprint density at radius 3 is 2.62 bits per heavy atom. The summed E-state index contributed by atoms with van der Waals surface area (Å²) in [5, 5.41) is 0. The van der Waals surface area contributed by atoms with Crippen LogP contribution in [-0.4, -0.2) is 25.0 Å². The van der Waals surface area contributed by atoms with Gasteiger partial charge in [0.15, 0.2) is 0 Å². The third-order valence-corrected chi connectivity index (χ3v) is 4.75. The fourth-order valence-electron chi connectivity index (χ4n) is 3.22. The van der Waals surface area contributed by atoms with Crippen LogP contribution in [0, 0.1) is 5.92 Å². The molecule has 0 N–H and O–H groups in total. The number of benzene rings is 1. The zero-order chi connectivity index (χ0) is 15.2. The predicted molar refractivity (Wildman–Crippen MR) is 85.4 cm³/mol. The van der Waals surface area contributed by atoms with Crippen molar-refractivity contribution in [3.05, 3.63) is 29.8 Å². The molecule has 1 atom stereocenters. The molecule has 1 aromatic rings. The first-order chi connectivity index (χ1) is 10.1. The van der Waals surface area contributed by atoms with E-state index in [-0.39, 0.29) is 11.9 Å². The van der Waals surface area contributed by atoms with Gasteiger partial charge in [-0.25, -0.2) is 0 Å². The van der Waals surface area contributed by atoms with E-state index in [1.807, 2.05) is 36.2 Å². The number of methoxy groups -OCH3 is 1. The lowest BCUT2D eigenvalue weighted by Gasteiger charge is -2.29. The van der Waals surface area contributed by atoms with Crippen molar-refractivity contribution in [1.82, 2.24) is 4.90 Å². The summed E-state index contributed by atoms with van der Waals surface area (Å²) < 4.78 is 5.41. The van der Waals surface area contributed by atoms with Gasteiger partial charge in [-0.2, -0.15) is 0 Å². The van der Waals surface area contributed by atoms with Gasteiger partial charge in [0.1, 0.15) is 5.75 Å². The van der Waals surface area contributed by atoms with Crippen molar-refractivity contribution in [2.75, 3.05) is 14.2 Å². The predicted octanol–water partition coefficient (Wildman–Crippen LogP) is 4.19. The third-order valence-electron chi connectivity index (χ3n) is 4.75. The monoisotopic (exact) mass is 289 g/mol. The quantitative estimate of drug-likeness (QED) is 0.813. The Bertz CT molecular complexity index is 466. The number of carbonyl (C=O) groups is 1. The van der Waals surface area contributed by atoms with E-state index in [4.69, 9.17) is 4.74 Å². The van der Waals surface area contributed by atoms with Gasteiger partial charge in [-0.15, -0.1) is 0 Å². The lowest BCUT2D eigenvalue weighted by Crippen LogP contribution is -2.31. The molecule has 0 heterocycles. The molecule has 1 aliphatic carbocycles. The summed E-state index contributed by atoms with van der Waals surface area (Å²) in [6.07, 6.45) is 7.01. The van der Waals surface area contributed by atoms with Gasteiger partial charge in [0.2, 0.25) is 5.91 Å². The normalized spacial score (nSPS) is 17.3. The summed E-state index contributed by atoms with van der Waals surface area (Å²) in [6, 6.07) is 7.98. The minimum atomic E-state index is 0.0391. The van der Waals surface area contributed by atoms with Gasteiger partial charge in [0.25, 0.3) is 0 Å². The standard InChI is InChI=1S/C18H27NO2/c1-14(16-11-7-8-12-17(16)21-3)19(2)18(20)13-15-9-5-4-6-10-15/h7-8,11-12,14-15H,4-6,9-10,13H2,1-3H3. The van der Waals surface area contributed by atoms with Gasteiger partial charge in [0.05, 0.1) is 13.2 Å². The van der Waals surface area contributed by atoms with E-state index in [1.54, 1.807) is 7.11 Å². The van der Waals surface area contributed by atoms with Gasteiger partial charge in [-0.05, 0) is 31.7 Å². The highest BCUT2D eigenvalue weighted by molar-refractivity contribution is 5.76. The van der Waals surface area contributed by atoms with Crippen LogP contribution >= 0.6 is 0 Å². The van der Waals surface area contributed by atoms with Gasteiger partial charge in [0, 0.05) is 19.0 Å². The van der Waals surface area contributed by atoms with Crippen LogP contribution in [0.4, 0.5) is 0 Å². The summed E-state index contributed by atoms with van der Waals surface area (Å²) in [5.74, 6) is 1.68. The molecule has 21 heavy (non-hydrogen) atoms. The molecule has 1 fully saturated rings. The molecule has 1 amide bonds. The Hall–Kier alpha value is -1.51. The lowest BCUT2D eigenvalue weighted by molar-refractivity contribution is -0.133. The maximum absolute atomic E-state index is 12.5. The largest absolute Gasteiger partial charge is 0.496 e. The van der Waals surface area contributed by atoms with Crippen molar-refractivity contribution in [2.45, 2.75) is 51.5 Å². The van der Waals surface area contributed by atoms with Crippen LogP contribution in [0.15, 0.2) is 24.3 Å². The summed E-state index contributed by atoms with van der Waals surface area (Å²) in [7, 11) is 3.58. The molecule has 2 rings (SSSR count). The van der Waals surface area contributed by atoms with Gasteiger partial charge in [-0.1, -0.05) is 37.5 Å². The van der Waals surface area contributed by atoms with Crippen molar-refractivity contribution in [2.24, 2.45) is 5.92 Å². The summed E-state index contributed by atoms with van der Waals surface area (Å²) in [6.45, 7) is 2.07. The van der Waals surface area contributed by atoms with E-state index in [0.717, 1.165) is 11.3 Å². The van der Waals surface area contributed by atoms with E-state index in [1.165, 1.54) is 32.1 Å². The lowest BCUT2D eigenvalue weighted by atomic mass is 9.86. The van der Waals surface area contributed by atoms with E-state index < -0.39 is 0 Å². The Morgan fingerprint density at radius 1 is 1.29 bits per heavy atom. The third kappa shape index (κ3) is 3.99. The summed E-state index contributed by atoms with van der Waals surface area (Å²) in [5.41, 5.74) is 1.07. The van der Waals surface area contributed by atoms with Gasteiger partial charge in [-0.3, -0.25) is 4.79 Å². The highest BCUT2D eigenvalue weighted by atomic mass is 16.5. The summed E-state index contributed by atoms with van der Waals surface area (Å²) >= 11 is 0. The van der Waals surface area contributed by atoms with E-state index in [2.05, 4.69) is 6.92 Å². The molecular weight excluding hydrogens is 262 g/mol. The first kappa shape index (κ1) is 15.9. The SMILES string of the molecule is COc1ccccc1C(C)N(C)C(=O)CC1CCCCC1. The number of nitrogens with zero attached hydrogens (tertiary/aromatic N) is 1. The van der Waals surface area contributed by atoms with Crippen molar-refractivity contribution >= 4 is 5.91 Å². The molecule has 0 spiro atoms. The molecule has 1 aliphatic rings. The Labute approximate surface area is 128 Å². The van der Waals surface area contributed by atoms with E-state index in [0.29, 0.717) is 12.3 Å². The van der Waals surface area contributed by atoms with Crippen molar-refractivity contribution in [3.63, 3.8) is 0 Å². The van der Waals surface area contributed by atoms with E-state index in [9.17, 15) is 4.79 Å². The number of hydrogen-bond acceptors (Lipinski definition) is 2. The Morgan fingerprint density at radius 2 is 1.95 bits per heavy atom. The molecule has 1 aromatic carbocycles. The second kappa shape index (κ2) is 7.48. The zero-order valence-corrected chi connectivity index (χ0v) is 13.5. The number of rotatable bonds is 5. The molecule has 0 aliphatic heterocycles. The van der Waals surface area contributed by atoms with Crippen molar-refractivity contribution in [3.8, 4) is 5.75 Å². The molecular formula is C18H27NO2. The number of para-hydroxylation sites is 1. The molecule has 1 saturated carbocycles. The molecule has 116 valence electrons. The number of hydrogen-bond donors (Lipinski definition) is 0. The fourth-order valence-corrected chi connectivity index (χ4v) is 3.22. The van der Waals surface area contributed by atoms with Crippen LogP contribution in [0.5, 0.6) is 5.75 Å². The molecule has 0 bridgehead atoms. The van der Waals surface area contributed by atoms with E-state index >= 15 is 0 Å². The maximum Gasteiger partial charge on any atom is 0.223 e. The molecule has 3 nitrogen and oxygen atoms in total. The van der Waals surface area contributed by atoms with Gasteiger partial charge >= 0.3 is 0 Å². The summed E-state index contributed by atoms with van der Waals surface area (Å²) in [4.78, 5) is 14.4. The second-order valence-corrected chi connectivity index (χ2v) is 6.13. The second-order valence-electron chi connectivity index (χ2n) is 6.13. The Kier molecular flexibility index (Phi) is 5.66. The fraction of sp³-hybridized carbons (Fsp3) is 0.611. The topological polar surface area (TPSA) is 29.5 Å². The first-order valence-electron chi connectivity index (χ1n) is 8.02. The smallest absolute Gasteiger partial charge is 0.223 e. The first-order valence-corrected chi connectivity index (χ1v) is 8.02. The van der Waals surface area contributed by atoms with Crippen molar-refractivity contribution in [1.29, 1.82) is 0 Å². The van der Waals surface area contributed by atoms with Crippen LogP contribution in [0.3, 0.4) is 0 Å². The minimum absolute atomic E-state index is 0.0391. The maximum atomic E-state index is 12.5. The van der Waals surface area contributed by atoms with Crippen LogP contribution in [0.2, 0.25) is 0 Å². The number of carbonyl (C=O) groups excluding carboxylic acids is 1. The number of amides is 1. The zero-order valence-electron chi connectivity index (χ0n) is 13.5. The molecule has 0 aromatic heterocycles. The average molecular weight is 289 g/mol. The van der Waals surface area contributed by atoms with Gasteiger partial charge < -0.3 is 9.64 Å². The molecule has 0 radical (unpaired) electrons. The molecule has 0 saturated heterocycles. The van der Waals surface area contributed by atoms with Crippen LogP contribution in [0.25, 0.3) is 0 Å². The van der Waals surface area contributed by atoms with Crippen molar-refractivity contribution < 1.29 is 9.53 Å². The molecule has 1 unspecified atom stereocenters. The minimum Gasteiger partial charge on any atom is -0.496 e.